The molecule has 1 aromatic rings. The van der Waals surface area contributed by atoms with Crippen molar-refractivity contribution < 1.29 is 0 Å². The number of aliphatic imine (C=N–C) groups is 1. The van der Waals surface area contributed by atoms with E-state index in [-0.39, 0.29) is 24.0 Å². The number of thioether (sulfide) groups is 1. The molecule has 0 aromatic carbocycles. The summed E-state index contributed by atoms with van der Waals surface area (Å²) in [6, 6.07) is 0. The fourth-order valence-electron chi connectivity index (χ4n) is 3.98. The summed E-state index contributed by atoms with van der Waals surface area (Å²) in [5.74, 6) is 3.93. The maximum atomic E-state index is 4.70. The first kappa shape index (κ1) is 23.2. The van der Waals surface area contributed by atoms with Crippen LogP contribution in [0.25, 0.3) is 0 Å². The molecule has 154 valence electrons. The molecule has 5 nitrogen and oxygen atoms in total. The molecule has 1 saturated carbocycles. The van der Waals surface area contributed by atoms with Crippen LogP contribution in [0.15, 0.2) is 10.4 Å². The summed E-state index contributed by atoms with van der Waals surface area (Å²) in [7, 11) is 1.86. The van der Waals surface area contributed by atoms with Crippen molar-refractivity contribution in [2.24, 2.45) is 4.99 Å². The molecule has 0 amide bonds. The van der Waals surface area contributed by atoms with Gasteiger partial charge in [-0.05, 0) is 18.8 Å². The zero-order valence-electron chi connectivity index (χ0n) is 16.8. The second-order valence-corrected chi connectivity index (χ2v) is 9.80. The number of guanidine groups is 1. The van der Waals surface area contributed by atoms with E-state index >= 15 is 0 Å². The number of thiazole rings is 1. The third kappa shape index (κ3) is 6.21. The Morgan fingerprint density at radius 3 is 2.56 bits per heavy atom. The maximum absolute atomic E-state index is 4.70. The Hall–Kier alpha value is -0.0600. The number of hydrogen-bond donors (Lipinski definition) is 2. The molecular formula is C19H34IN5S2. The summed E-state index contributed by atoms with van der Waals surface area (Å²) >= 11 is 3.82. The number of hydrogen-bond acceptors (Lipinski definition) is 5. The van der Waals surface area contributed by atoms with Gasteiger partial charge in [-0.25, -0.2) is 4.98 Å². The average molecular weight is 524 g/mol. The molecular weight excluding hydrogens is 489 g/mol. The molecule has 2 aliphatic rings. The lowest BCUT2D eigenvalue weighted by molar-refractivity contribution is 0.107. The molecule has 1 aromatic heterocycles. The molecule has 0 radical (unpaired) electrons. The van der Waals surface area contributed by atoms with Gasteiger partial charge in [-0.15, -0.1) is 35.3 Å². The summed E-state index contributed by atoms with van der Waals surface area (Å²) < 4.78 is 0. The van der Waals surface area contributed by atoms with E-state index in [4.69, 9.17) is 4.98 Å². The second-order valence-electron chi connectivity index (χ2n) is 7.63. The first-order valence-corrected chi connectivity index (χ1v) is 11.9. The predicted molar refractivity (Wildman–Crippen MR) is 130 cm³/mol. The molecule has 2 N–H and O–H groups in total. The number of nitrogens with one attached hydrogen (secondary N) is 2. The van der Waals surface area contributed by atoms with Gasteiger partial charge in [-0.3, -0.25) is 9.89 Å². The van der Waals surface area contributed by atoms with Crippen molar-refractivity contribution in [1.29, 1.82) is 0 Å². The van der Waals surface area contributed by atoms with Crippen LogP contribution in [0.4, 0.5) is 0 Å². The Kier molecular flexibility index (Phi) is 9.64. The minimum atomic E-state index is 0. The van der Waals surface area contributed by atoms with Crippen molar-refractivity contribution >= 4 is 53.0 Å². The van der Waals surface area contributed by atoms with Crippen LogP contribution in [0.3, 0.4) is 0 Å². The lowest BCUT2D eigenvalue weighted by Crippen LogP contribution is -2.57. The molecule has 1 aliphatic heterocycles. The lowest BCUT2D eigenvalue weighted by atomic mass is 9.94. The predicted octanol–water partition coefficient (Wildman–Crippen LogP) is 3.91. The third-order valence-corrected chi connectivity index (χ3v) is 7.40. The van der Waals surface area contributed by atoms with Crippen molar-refractivity contribution in [3.8, 4) is 0 Å². The average Bonchev–Trinajstić information content (AvgIpc) is 3.33. The Labute approximate surface area is 189 Å². The van der Waals surface area contributed by atoms with Gasteiger partial charge in [0.1, 0.15) is 5.01 Å². The first-order valence-electron chi connectivity index (χ1n) is 9.84. The van der Waals surface area contributed by atoms with Gasteiger partial charge in [0.2, 0.25) is 0 Å². The number of rotatable bonds is 6. The van der Waals surface area contributed by atoms with E-state index < -0.39 is 0 Å². The van der Waals surface area contributed by atoms with E-state index in [1.165, 1.54) is 56.0 Å². The SMILES string of the molecule is CN=C(NCc1nc(C(C)C)cs1)NCC1(N2CCSCC2)CCCC1.I. The summed E-state index contributed by atoms with van der Waals surface area (Å²) in [6.07, 6.45) is 5.33. The quantitative estimate of drug-likeness (QED) is 0.337. The van der Waals surface area contributed by atoms with Crippen LogP contribution in [0.1, 0.15) is 56.2 Å². The first-order chi connectivity index (χ1) is 12.6. The molecule has 2 fully saturated rings. The maximum Gasteiger partial charge on any atom is 0.191 e. The van der Waals surface area contributed by atoms with Crippen molar-refractivity contribution in [2.75, 3.05) is 38.2 Å². The van der Waals surface area contributed by atoms with Crippen molar-refractivity contribution in [2.45, 2.75) is 57.5 Å². The van der Waals surface area contributed by atoms with Gasteiger partial charge >= 0.3 is 0 Å². The molecule has 2 heterocycles. The summed E-state index contributed by atoms with van der Waals surface area (Å²) in [5.41, 5.74) is 1.51. The molecule has 27 heavy (non-hydrogen) atoms. The Morgan fingerprint density at radius 2 is 1.96 bits per heavy atom. The van der Waals surface area contributed by atoms with Gasteiger partial charge in [0, 0.05) is 49.1 Å². The number of aromatic nitrogens is 1. The highest BCUT2D eigenvalue weighted by Gasteiger charge is 2.39. The van der Waals surface area contributed by atoms with Gasteiger partial charge in [0.15, 0.2) is 5.96 Å². The van der Waals surface area contributed by atoms with Crippen molar-refractivity contribution in [3.05, 3.63) is 16.1 Å². The van der Waals surface area contributed by atoms with Gasteiger partial charge in [0.05, 0.1) is 12.2 Å². The molecule has 0 atom stereocenters. The zero-order valence-corrected chi connectivity index (χ0v) is 20.8. The molecule has 0 unspecified atom stereocenters. The fraction of sp³-hybridized carbons (Fsp3) is 0.789. The lowest BCUT2D eigenvalue weighted by Gasteiger charge is -2.43. The van der Waals surface area contributed by atoms with Crippen LogP contribution in [0, 0.1) is 0 Å². The van der Waals surface area contributed by atoms with Crippen molar-refractivity contribution in [3.63, 3.8) is 0 Å². The van der Waals surface area contributed by atoms with E-state index in [1.54, 1.807) is 11.3 Å². The Bertz CT molecular complexity index is 593. The molecule has 1 saturated heterocycles. The zero-order chi connectivity index (χ0) is 18.4. The fourth-order valence-corrected chi connectivity index (χ4v) is 5.77. The summed E-state index contributed by atoms with van der Waals surface area (Å²) in [6.45, 7) is 8.57. The summed E-state index contributed by atoms with van der Waals surface area (Å²) in [4.78, 5) is 11.9. The monoisotopic (exact) mass is 523 g/mol. The number of nitrogens with zero attached hydrogens (tertiary/aromatic N) is 3. The summed E-state index contributed by atoms with van der Waals surface area (Å²) in [5, 5.41) is 10.4. The molecule has 1 aliphatic carbocycles. The van der Waals surface area contributed by atoms with Crippen LogP contribution in [0.2, 0.25) is 0 Å². The van der Waals surface area contributed by atoms with Gasteiger partial charge in [0.25, 0.3) is 0 Å². The van der Waals surface area contributed by atoms with E-state index in [0.717, 1.165) is 24.1 Å². The number of halogens is 1. The minimum Gasteiger partial charge on any atom is -0.355 e. The van der Waals surface area contributed by atoms with Crippen LogP contribution in [-0.2, 0) is 6.54 Å². The van der Waals surface area contributed by atoms with E-state index in [0.29, 0.717) is 11.5 Å². The topological polar surface area (TPSA) is 52.6 Å². The van der Waals surface area contributed by atoms with Crippen LogP contribution in [0.5, 0.6) is 0 Å². The standard InChI is InChI=1S/C19H33N5S2.HI/c1-15(2)16-13-26-17(23-16)12-21-18(20-3)22-14-19(6-4-5-7-19)24-8-10-25-11-9-24;/h13,15H,4-12,14H2,1-3H3,(H2,20,21,22);1H. The Morgan fingerprint density at radius 1 is 1.26 bits per heavy atom. The van der Waals surface area contributed by atoms with Gasteiger partial charge in [-0.2, -0.15) is 11.8 Å². The molecule has 0 bridgehead atoms. The van der Waals surface area contributed by atoms with Crippen LogP contribution < -0.4 is 10.6 Å². The highest BCUT2D eigenvalue weighted by atomic mass is 127. The molecule has 8 heteroatoms. The van der Waals surface area contributed by atoms with Gasteiger partial charge < -0.3 is 10.6 Å². The highest BCUT2D eigenvalue weighted by Crippen LogP contribution is 2.36. The normalized spacial score (nSPS) is 20.5. The molecule has 0 spiro atoms. The Balaban J connectivity index is 0.00000261. The third-order valence-electron chi connectivity index (χ3n) is 5.59. The van der Waals surface area contributed by atoms with Crippen molar-refractivity contribution in [1.82, 2.24) is 20.5 Å². The molecule has 3 rings (SSSR count). The highest BCUT2D eigenvalue weighted by molar-refractivity contribution is 14.0. The van der Waals surface area contributed by atoms with Gasteiger partial charge in [-0.1, -0.05) is 26.7 Å². The minimum absolute atomic E-state index is 0. The van der Waals surface area contributed by atoms with E-state index in [9.17, 15) is 0 Å². The van der Waals surface area contributed by atoms with E-state index in [2.05, 4.69) is 51.5 Å². The second kappa shape index (κ2) is 11.2. The van der Waals surface area contributed by atoms with Crippen LogP contribution in [-0.4, -0.2) is 59.6 Å². The van der Waals surface area contributed by atoms with E-state index in [1.807, 2.05) is 7.05 Å². The largest absolute Gasteiger partial charge is 0.355 e. The van der Waals surface area contributed by atoms with Crippen LogP contribution >= 0.6 is 47.1 Å². The smallest absolute Gasteiger partial charge is 0.191 e.